The first kappa shape index (κ1) is 16.7. The number of nitrogens with zero attached hydrogens (tertiary/aromatic N) is 3. The highest BCUT2D eigenvalue weighted by Gasteiger charge is 2.24. The predicted octanol–water partition coefficient (Wildman–Crippen LogP) is 3.18. The first-order chi connectivity index (χ1) is 13.1. The quantitative estimate of drug-likeness (QED) is 0.436. The number of H-pyrrole nitrogens is 1. The van der Waals surface area contributed by atoms with Gasteiger partial charge in [-0.15, -0.1) is 5.10 Å². The van der Waals surface area contributed by atoms with Crippen LogP contribution in [0.25, 0.3) is 16.6 Å². The third-order valence-corrected chi connectivity index (χ3v) is 4.20. The molecule has 0 radical (unpaired) electrons. The molecular weight excluding hydrogens is 344 g/mol. The maximum atomic E-state index is 12.7. The molecule has 1 atom stereocenters. The molecule has 0 saturated heterocycles. The van der Waals surface area contributed by atoms with Crippen molar-refractivity contribution in [1.29, 1.82) is 0 Å². The van der Waals surface area contributed by atoms with Gasteiger partial charge in [-0.3, -0.25) is 4.79 Å². The topological polar surface area (TPSA) is 89.9 Å². The van der Waals surface area contributed by atoms with Crippen LogP contribution in [0.15, 0.2) is 67.0 Å². The number of esters is 1. The fraction of sp³-hybridized carbons (Fsp3) is 0.100. The lowest BCUT2D eigenvalue weighted by molar-refractivity contribution is 0.0313. The van der Waals surface area contributed by atoms with Gasteiger partial charge < -0.3 is 9.72 Å². The number of carbonyl (C=O) groups is 2. The summed E-state index contributed by atoms with van der Waals surface area (Å²) in [4.78, 5) is 29.4. The lowest BCUT2D eigenvalue weighted by atomic mass is 10.1. The molecule has 0 bridgehead atoms. The van der Waals surface area contributed by atoms with Gasteiger partial charge in [0.05, 0.1) is 11.9 Å². The molecule has 0 aliphatic rings. The first-order valence-corrected chi connectivity index (χ1v) is 8.42. The number of fused-ring (bicyclic) bond motifs is 1. The van der Waals surface area contributed by atoms with Crippen molar-refractivity contribution in [2.75, 3.05) is 0 Å². The lowest BCUT2D eigenvalue weighted by Crippen LogP contribution is -2.24. The predicted molar refractivity (Wildman–Crippen MR) is 98.9 cm³/mol. The molecule has 27 heavy (non-hydrogen) atoms. The average Bonchev–Trinajstić information content (AvgIpc) is 3.35. The Morgan fingerprint density at radius 3 is 2.63 bits per heavy atom. The summed E-state index contributed by atoms with van der Waals surface area (Å²) in [6, 6.07) is 16.7. The van der Waals surface area contributed by atoms with Crippen LogP contribution in [0.3, 0.4) is 0 Å². The zero-order valence-electron chi connectivity index (χ0n) is 14.5. The molecule has 7 heteroatoms. The maximum absolute atomic E-state index is 12.7. The number of nitrogens with one attached hydrogen (secondary N) is 1. The molecule has 134 valence electrons. The van der Waals surface area contributed by atoms with Crippen molar-refractivity contribution < 1.29 is 14.3 Å². The Morgan fingerprint density at radius 1 is 1.07 bits per heavy atom. The van der Waals surface area contributed by atoms with E-state index in [0.717, 1.165) is 16.6 Å². The van der Waals surface area contributed by atoms with E-state index in [1.807, 2.05) is 54.6 Å². The van der Waals surface area contributed by atoms with Crippen LogP contribution in [0.1, 0.15) is 27.8 Å². The number of hydrogen-bond acceptors (Lipinski definition) is 5. The monoisotopic (exact) mass is 360 g/mol. The van der Waals surface area contributed by atoms with Crippen LogP contribution in [0.2, 0.25) is 0 Å². The standard InChI is InChI=1S/C20H16N4O3/c1-13(19(25)16-11-21-17-10-6-5-9-15(16)17)27-20(26)18-12-22-24(23-18)14-7-3-2-4-8-14/h2-13,21H,1H3/t13-/m0/s1. The van der Waals surface area contributed by atoms with E-state index in [4.69, 9.17) is 4.74 Å². The van der Waals surface area contributed by atoms with Gasteiger partial charge in [0.1, 0.15) is 0 Å². The van der Waals surface area contributed by atoms with Crippen molar-refractivity contribution in [3.8, 4) is 5.69 Å². The average molecular weight is 360 g/mol. The van der Waals surface area contributed by atoms with E-state index in [-0.39, 0.29) is 11.5 Å². The molecule has 0 aliphatic heterocycles. The summed E-state index contributed by atoms with van der Waals surface area (Å²) in [5.41, 5.74) is 2.10. The number of Topliss-reactive ketones (excluding diaryl/α,β-unsaturated/α-hetero) is 1. The van der Waals surface area contributed by atoms with Crippen molar-refractivity contribution in [3.05, 3.63) is 78.2 Å². The van der Waals surface area contributed by atoms with Crippen molar-refractivity contribution >= 4 is 22.7 Å². The van der Waals surface area contributed by atoms with Crippen molar-refractivity contribution in [1.82, 2.24) is 20.0 Å². The van der Waals surface area contributed by atoms with E-state index >= 15 is 0 Å². The van der Waals surface area contributed by atoms with Gasteiger partial charge in [-0.2, -0.15) is 9.90 Å². The van der Waals surface area contributed by atoms with Crippen LogP contribution in [0.4, 0.5) is 0 Å². The molecule has 1 N–H and O–H groups in total. The summed E-state index contributed by atoms with van der Waals surface area (Å²) in [5, 5.41) is 8.98. The van der Waals surface area contributed by atoms with Crippen LogP contribution in [0, 0.1) is 0 Å². The largest absolute Gasteiger partial charge is 0.449 e. The highest BCUT2D eigenvalue weighted by molar-refractivity contribution is 6.10. The molecule has 0 saturated carbocycles. The van der Waals surface area contributed by atoms with Gasteiger partial charge in [0.25, 0.3) is 0 Å². The third-order valence-electron chi connectivity index (χ3n) is 4.20. The minimum Gasteiger partial charge on any atom is -0.449 e. The zero-order chi connectivity index (χ0) is 18.8. The molecule has 2 heterocycles. The summed E-state index contributed by atoms with van der Waals surface area (Å²) in [6.45, 7) is 1.55. The molecule has 0 fully saturated rings. The fourth-order valence-corrected chi connectivity index (χ4v) is 2.81. The molecule has 0 amide bonds. The van der Waals surface area contributed by atoms with E-state index < -0.39 is 12.1 Å². The normalized spacial score (nSPS) is 12.0. The smallest absolute Gasteiger partial charge is 0.361 e. The van der Waals surface area contributed by atoms with Gasteiger partial charge in [-0.25, -0.2) is 4.79 Å². The number of hydrogen-bond donors (Lipinski definition) is 1. The maximum Gasteiger partial charge on any atom is 0.361 e. The second kappa shape index (κ2) is 6.87. The molecule has 4 rings (SSSR count). The fourth-order valence-electron chi connectivity index (χ4n) is 2.81. The van der Waals surface area contributed by atoms with E-state index in [0.29, 0.717) is 5.56 Å². The van der Waals surface area contributed by atoms with E-state index in [2.05, 4.69) is 15.2 Å². The summed E-state index contributed by atoms with van der Waals surface area (Å²) in [6.07, 6.45) is 2.00. The Bertz CT molecular complexity index is 1110. The molecule has 4 aromatic rings. The third kappa shape index (κ3) is 3.22. The van der Waals surface area contributed by atoms with Gasteiger partial charge in [0.2, 0.25) is 5.78 Å². The van der Waals surface area contributed by atoms with Gasteiger partial charge in [0.15, 0.2) is 11.8 Å². The number of carbonyl (C=O) groups excluding carboxylic acids is 2. The Balaban J connectivity index is 1.49. The number of ether oxygens (including phenoxy) is 1. The highest BCUT2D eigenvalue weighted by Crippen LogP contribution is 2.20. The highest BCUT2D eigenvalue weighted by atomic mass is 16.5. The lowest BCUT2D eigenvalue weighted by Gasteiger charge is -2.10. The number of aromatic amines is 1. The second-order valence-corrected chi connectivity index (χ2v) is 6.01. The van der Waals surface area contributed by atoms with Gasteiger partial charge in [-0.1, -0.05) is 36.4 Å². The van der Waals surface area contributed by atoms with Crippen molar-refractivity contribution in [3.63, 3.8) is 0 Å². The number of aromatic nitrogens is 4. The van der Waals surface area contributed by atoms with Gasteiger partial charge in [0, 0.05) is 22.7 Å². The van der Waals surface area contributed by atoms with Crippen LogP contribution in [0.5, 0.6) is 0 Å². The number of rotatable bonds is 5. The summed E-state index contributed by atoms with van der Waals surface area (Å²) in [7, 11) is 0. The molecule has 7 nitrogen and oxygen atoms in total. The van der Waals surface area contributed by atoms with Crippen LogP contribution < -0.4 is 0 Å². The molecule has 0 aliphatic carbocycles. The van der Waals surface area contributed by atoms with E-state index in [1.54, 1.807) is 13.1 Å². The Kier molecular flexibility index (Phi) is 4.25. The van der Waals surface area contributed by atoms with E-state index in [1.165, 1.54) is 11.0 Å². The Labute approximate surface area is 154 Å². The summed E-state index contributed by atoms with van der Waals surface area (Å²) in [5.74, 6) is -0.978. The molecular formula is C20H16N4O3. The van der Waals surface area contributed by atoms with Crippen molar-refractivity contribution in [2.45, 2.75) is 13.0 Å². The Hall–Kier alpha value is -3.74. The molecule has 0 unspecified atom stereocenters. The molecule has 2 aromatic carbocycles. The first-order valence-electron chi connectivity index (χ1n) is 8.42. The van der Waals surface area contributed by atoms with Gasteiger partial charge >= 0.3 is 5.97 Å². The van der Waals surface area contributed by atoms with Crippen LogP contribution >= 0.6 is 0 Å². The minimum absolute atomic E-state index is 0.0393. The SMILES string of the molecule is C[C@H](OC(=O)c1cnn(-c2ccccc2)n1)C(=O)c1c[nH]c2ccccc12. The molecule has 0 spiro atoms. The summed E-state index contributed by atoms with van der Waals surface area (Å²) < 4.78 is 5.30. The zero-order valence-corrected chi connectivity index (χ0v) is 14.5. The summed E-state index contributed by atoms with van der Waals surface area (Å²) >= 11 is 0. The van der Waals surface area contributed by atoms with E-state index in [9.17, 15) is 9.59 Å². The van der Waals surface area contributed by atoms with Gasteiger partial charge in [-0.05, 0) is 25.1 Å². The van der Waals surface area contributed by atoms with Crippen molar-refractivity contribution in [2.24, 2.45) is 0 Å². The minimum atomic E-state index is -0.946. The number of ketones is 1. The number of para-hydroxylation sites is 2. The number of benzene rings is 2. The second-order valence-electron chi connectivity index (χ2n) is 6.01. The van der Waals surface area contributed by atoms with Crippen LogP contribution in [-0.4, -0.2) is 37.8 Å². The molecule has 2 aromatic heterocycles. The van der Waals surface area contributed by atoms with Crippen LogP contribution in [-0.2, 0) is 4.74 Å². The Morgan fingerprint density at radius 2 is 1.81 bits per heavy atom.